The predicted molar refractivity (Wildman–Crippen MR) is 153 cm³/mol. The smallest absolute Gasteiger partial charge is 0.216 e. The summed E-state index contributed by atoms with van der Waals surface area (Å²) in [5, 5.41) is 15.3. The van der Waals surface area contributed by atoms with Crippen LogP contribution in [0.25, 0.3) is 11.1 Å². The second kappa shape index (κ2) is 14.3. The van der Waals surface area contributed by atoms with Crippen molar-refractivity contribution in [3.05, 3.63) is 107 Å². The minimum absolute atomic E-state index is 0.0635. The first-order chi connectivity index (χ1) is 19.6. The SMILES string of the molecule is COc1c(COc2ccc(CNCCNC(C)=O)c(OCc3cncc(C#N)c3)c2)cccc1-c1ccccc1. The lowest BCUT2D eigenvalue weighted by Crippen LogP contribution is -2.30. The predicted octanol–water partition coefficient (Wildman–Crippen LogP) is 5.01. The van der Waals surface area contributed by atoms with Crippen molar-refractivity contribution in [2.45, 2.75) is 26.7 Å². The summed E-state index contributed by atoms with van der Waals surface area (Å²) >= 11 is 0. The van der Waals surface area contributed by atoms with Crippen LogP contribution in [0.4, 0.5) is 0 Å². The number of aromatic nitrogens is 1. The molecule has 1 heterocycles. The Morgan fingerprint density at radius 1 is 0.925 bits per heavy atom. The summed E-state index contributed by atoms with van der Waals surface area (Å²) in [7, 11) is 1.67. The van der Waals surface area contributed by atoms with Gasteiger partial charge >= 0.3 is 0 Å². The molecule has 8 nitrogen and oxygen atoms in total. The number of pyridine rings is 1. The van der Waals surface area contributed by atoms with E-state index >= 15 is 0 Å². The van der Waals surface area contributed by atoms with E-state index in [9.17, 15) is 10.1 Å². The van der Waals surface area contributed by atoms with Crippen molar-refractivity contribution in [3.63, 3.8) is 0 Å². The van der Waals surface area contributed by atoms with E-state index in [1.165, 1.54) is 13.1 Å². The third-order valence-corrected chi connectivity index (χ3v) is 6.13. The second-order valence-electron chi connectivity index (χ2n) is 9.06. The molecular formula is C32H32N4O4. The van der Waals surface area contributed by atoms with E-state index in [1.807, 2.05) is 54.6 Å². The van der Waals surface area contributed by atoms with Gasteiger partial charge in [-0.25, -0.2) is 0 Å². The van der Waals surface area contributed by atoms with Crippen molar-refractivity contribution in [1.82, 2.24) is 15.6 Å². The van der Waals surface area contributed by atoms with E-state index < -0.39 is 0 Å². The molecule has 0 bridgehead atoms. The Labute approximate surface area is 234 Å². The van der Waals surface area contributed by atoms with Gasteiger partial charge in [-0.2, -0.15) is 5.26 Å². The highest BCUT2D eigenvalue weighted by molar-refractivity contribution is 5.73. The summed E-state index contributed by atoms with van der Waals surface area (Å²) in [6.07, 6.45) is 3.20. The fourth-order valence-corrected chi connectivity index (χ4v) is 4.19. The van der Waals surface area contributed by atoms with Crippen LogP contribution in [0.2, 0.25) is 0 Å². The maximum Gasteiger partial charge on any atom is 0.216 e. The molecule has 2 N–H and O–H groups in total. The number of hydrogen-bond donors (Lipinski definition) is 2. The zero-order valence-corrected chi connectivity index (χ0v) is 22.6. The Bertz CT molecular complexity index is 1470. The molecule has 0 atom stereocenters. The molecular weight excluding hydrogens is 504 g/mol. The molecule has 0 unspecified atom stereocenters. The molecule has 1 amide bonds. The minimum Gasteiger partial charge on any atom is -0.496 e. The lowest BCUT2D eigenvalue weighted by Gasteiger charge is -2.17. The number of amides is 1. The zero-order valence-electron chi connectivity index (χ0n) is 22.6. The van der Waals surface area contributed by atoms with E-state index in [0.29, 0.717) is 43.3 Å². The number of carbonyl (C=O) groups excluding carboxylic acids is 1. The topological polar surface area (TPSA) is 106 Å². The average molecular weight is 537 g/mol. The Morgan fingerprint density at radius 2 is 1.77 bits per heavy atom. The van der Waals surface area contributed by atoms with E-state index in [0.717, 1.165) is 33.6 Å². The number of hydrogen-bond acceptors (Lipinski definition) is 7. The first-order valence-electron chi connectivity index (χ1n) is 13.0. The van der Waals surface area contributed by atoms with Crippen LogP contribution in [0.3, 0.4) is 0 Å². The van der Waals surface area contributed by atoms with E-state index in [4.69, 9.17) is 14.2 Å². The number of ether oxygens (including phenoxy) is 3. The summed E-state index contributed by atoms with van der Waals surface area (Å²) in [6.45, 7) is 3.74. The van der Waals surface area contributed by atoms with Crippen molar-refractivity contribution < 1.29 is 19.0 Å². The maximum absolute atomic E-state index is 11.1. The lowest BCUT2D eigenvalue weighted by atomic mass is 10.0. The molecule has 204 valence electrons. The molecule has 1 aromatic heterocycles. The molecule has 4 rings (SSSR count). The van der Waals surface area contributed by atoms with Gasteiger partial charge in [-0.05, 0) is 17.7 Å². The third-order valence-electron chi connectivity index (χ3n) is 6.13. The molecule has 3 aromatic carbocycles. The number of benzene rings is 3. The van der Waals surface area contributed by atoms with Gasteiger partial charge in [0.2, 0.25) is 5.91 Å². The van der Waals surface area contributed by atoms with Crippen molar-refractivity contribution in [2.24, 2.45) is 0 Å². The van der Waals surface area contributed by atoms with Crippen molar-refractivity contribution in [2.75, 3.05) is 20.2 Å². The van der Waals surface area contributed by atoms with Crippen LogP contribution < -0.4 is 24.8 Å². The maximum atomic E-state index is 11.1. The number of para-hydroxylation sites is 1. The van der Waals surface area contributed by atoms with Crippen LogP contribution in [0.15, 0.2) is 85.2 Å². The number of carbonyl (C=O) groups is 1. The van der Waals surface area contributed by atoms with Crippen LogP contribution in [0, 0.1) is 11.3 Å². The van der Waals surface area contributed by atoms with Gasteiger partial charge in [0.1, 0.15) is 36.5 Å². The molecule has 40 heavy (non-hydrogen) atoms. The van der Waals surface area contributed by atoms with Crippen LogP contribution in [0.5, 0.6) is 17.2 Å². The quantitative estimate of drug-likeness (QED) is 0.231. The largest absolute Gasteiger partial charge is 0.496 e. The van der Waals surface area contributed by atoms with Gasteiger partial charge in [-0.15, -0.1) is 0 Å². The Kier molecular flexibility index (Phi) is 10.1. The monoisotopic (exact) mass is 536 g/mol. The molecule has 4 aromatic rings. The zero-order chi connectivity index (χ0) is 28.2. The summed E-state index contributed by atoms with van der Waals surface area (Å²) < 4.78 is 18.1. The summed E-state index contributed by atoms with van der Waals surface area (Å²) in [5.41, 5.74) is 5.20. The highest BCUT2D eigenvalue weighted by Gasteiger charge is 2.13. The van der Waals surface area contributed by atoms with E-state index in [2.05, 4.69) is 33.8 Å². The van der Waals surface area contributed by atoms with Gasteiger partial charge in [-0.3, -0.25) is 9.78 Å². The van der Waals surface area contributed by atoms with Gasteiger partial charge in [-0.1, -0.05) is 54.6 Å². The number of nitriles is 1. The highest BCUT2D eigenvalue weighted by Crippen LogP contribution is 2.34. The van der Waals surface area contributed by atoms with Crippen LogP contribution in [0.1, 0.15) is 29.2 Å². The van der Waals surface area contributed by atoms with E-state index in [1.54, 1.807) is 19.4 Å². The van der Waals surface area contributed by atoms with Gasteiger partial charge < -0.3 is 24.8 Å². The second-order valence-corrected chi connectivity index (χ2v) is 9.06. The number of methoxy groups -OCH3 is 1. The Morgan fingerprint density at radius 3 is 2.55 bits per heavy atom. The summed E-state index contributed by atoms with van der Waals surface area (Å²) in [5.74, 6) is 2.01. The molecule has 0 radical (unpaired) electrons. The van der Waals surface area contributed by atoms with Crippen molar-refractivity contribution >= 4 is 5.91 Å². The molecule has 0 fully saturated rings. The van der Waals surface area contributed by atoms with Crippen molar-refractivity contribution in [1.29, 1.82) is 5.26 Å². The molecule has 0 aliphatic rings. The van der Waals surface area contributed by atoms with Crippen LogP contribution in [-0.4, -0.2) is 31.1 Å². The first kappa shape index (κ1) is 28.1. The summed E-state index contributed by atoms with van der Waals surface area (Å²) in [4.78, 5) is 15.2. The van der Waals surface area contributed by atoms with Gasteiger partial charge in [0.15, 0.2) is 0 Å². The summed E-state index contributed by atoms with van der Waals surface area (Å²) in [6, 6.07) is 25.7. The fourth-order valence-electron chi connectivity index (χ4n) is 4.19. The number of rotatable bonds is 13. The average Bonchev–Trinajstić information content (AvgIpc) is 2.99. The number of nitrogens with one attached hydrogen (secondary N) is 2. The normalized spacial score (nSPS) is 10.4. The third kappa shape index (κ3) is 7.82. The highest BCUT2D eigenvalue weighted by atomic mass is 16.5. The molecule has 0 saturated carbocycles. The molecule has 0 aliphatic heterocycles. The Hall–Kier alpha value is -4.87. The molecule has 8 heteroatoms. The molecule has 0 saturated heterocycles. The molecule has 0 aliphatic carbocycles. The first-order valence-corrected chi connectivity index (χ1v) is 13.0. The van der Waals surface area contributed by atoms with Gasteiger partial charge in [0, 0.05) is 67.3 Å². The Balaban J connectivity index is 1.50. The van der Waals surface area contributed by atoms with Crippen LogP contribution >= 0.6 is 0 Å². The molecule has 0 spiro atoms. The van der Waals surface area contributed by atoms with Crippen molar-refractivity contribution in [3.8, 4) is 34.4 Å². The van der Waals surface area contributed by atoms with E-state index in [-0.39, 0.29) is 12.5 Å². The van der Waals surface area contributed by atoms with Gasteiger partial charge in [0.25, 0.3) is 0 Å². The standard InChI is InChI=1S/C32H32N4O4/c1-23(37)36-14-13-34-20-27-11-12-29(16-31(27)40-21-25-15-24(17-33)18-35-19-25)39-22-28-9-6-10-30(32(28)38-2)26-7-4-3-5-8-26/h3-12,15-16,18-19,34H,13-14,20-22H2,1-2H3,(H,36,37). The van der Waals surface area contributed by atoms with Crippen LogP contribution in [-0.2, 0) is 24.6 Å². The van der Waals surface area contributed by atoms with Gasteiger partial charge in [0.05, 0.1) is 12.7 Å². The minimum atomic E-state index is -0.0635. The lowest BCUT2D eigenvalue weighted by molar-refractivity contribution is -0.118. The number of nitrogens with zero attached hydrogens (tertiary/aromatic N) is 2. The fraction of sp³-hybridized carbons (Fsp3) is 0.219.